The van der Waals surface area contributed by atoms with Gasteiger partial charge in [-0.25, -0.2) is 8.42 Å². The van der Waals surface area contributed by atoms with Gasteiger partial charge in [0, 0.05) is 10.2 Å². The summed E-state index contributed by atoms with van der Waals surface area (Å²) in [6.07, 6.45) is 0. The number of benzene rings is 2. The number of sulfonamides is 1. The number of nitriles is 1. The molecule has 0 saturated heterocycles. The van der Waals surface area contributed by atoms with Gasteiger partial charge < -0.3 is 5.73 Å². The second-order valence-corrected chi connectivity index (χ2v) is 6.54. The van der Waals surface area contributed by atoms with E-state index in [2.05, 4.69) is 20.7 Å². The molecule has 7 heteroatoms. The van der Waals surface area contributed by atoms with Crippen molar-refractivity contribution < 1.29 is 8.42 Å². The van der Waals surface area contributed by atoms with Crippen LogP contribution in [0.4, 0.5) is 11.4 Å². The lowest BCUT2D eigenvalue weighted by Gasteiger charge is -2.10. The number of nitrogen functional groups attached to an aromatic ring is 1. The van der Waals surface area contributed by atoms with Crippen LogP contribution in [0, 0.1) is 11.3 Å². The second kappa shape index (κ2) is 5.53. The van der Waals surface area contributed by atoms with Gasteiger partial charge in [0.05, 0.1) is 17.3 Å². The smallest absolute Gasteiger partial charge is 0.263 e. The van der Waals surface area contributed by atoms with E-state index in [9.17, 15) is 8.42 Å². The van der Waals surface area contributed by atoms with Crippen LogP contribution in [-0.4, -0.2) is 8.42 Å². The lowest BCUT2D eigenvalue weighted by atomic mass is 10.2. The van der Waals surface area contributed by atoms with E-state index < -0.39 is 10.0 Å². The van der Waals surface area contributed by atoms with Gasteiger partial charge in [0.1, 0.15) is 4.90 Å². The summed E-state index contributed by atoms with van der Waals surface area (Å²) in [5, 5.41) is 8.74. The Kier molecular flexibility index (Phi) is 3.97. The summed E-state index contributed by atoms with van der Waals surface area (Å²) in [5.41, 5.74) is 6.46. The molecule has 2 aromatic carbocycles. The van der Waals surface area contributed by atoms with Crippen LogP contribution in [0.2, 0.25) is 0 Å². The maximum atomic E-state index is 12.2. The Balaban J connectivity index is 2.36. The number of hydrogen-bond acceptors (Lipinski definition) is 4. The monoisotopic (exact) mass is 351 g/mol. The highest BCUT2D eigenvalue weighted by atomic mass is 79.9. The van der Waals surface area contributed by atoms with E-state index in [4.69, 9.17) is 11.0 Å². The van der Waals surface area contributed by atoms with Crippen LogP contribution in [0.3, 0.4) is 0 Å². The van der Waals surface area contributed by atoms with E-state index in [0.29, 0.717) is 11.3 Å². The molecular weight excluding hydrogens is 342 g/mol. The topological polar surface area (TPSA) is 96.0 Å². The molecule has 0 heterocycles. The minimum absolute atomic E-state index is 0.0358. The van der Waals surface area contributed by atoms with Gasteiger partial charge in [-0.05, 0) is 42.5 Å². The highest BCUT2D eigenvalue weighted by Gasteiger charge is 2.17. The summed E-state index contributed by atoms with van der Waals surface area (Å²) < 4.78 is 27.7. The van der Waals surface area contributed by atoms with Gasteiger partial charge >= 0.3 is 0 Å². The Hall–Kier alpha value is -2.04. The Morgan fingerprint density at radius 1 is 1.15 bits per heavy atom. The first-order chi connectivity index (χ1) is 9.42. The molecule has 0 aliphatic rings. The molecular formula is C13H10BrN3O2S. The van der Waals surface area contributed by atoms with Crippen molar-refractivity contribution in [3.8, 4) is 6.07 Å². The van der Waals surface area contributed by atoms with Crippen LogP contribution in [0.5, 0.6) is 0 Å². The lowest BCUT2D eigenvalue weighted by molar-refractivity contribution is 0.601. The van der Waals surface area contributed by atoms with E-state index in [-0.39, 0.29) is 10.6 Å². The van der Waals surface area contributed by atoms with Crippen molar-refractivity contribution in [2.45, 2.75) is 4.90 Å². The van der Waals surface area contributed by atoms with E-state index >= 15 is 0 Å². The third-order valence-electron chi connectivity index (χ3n) is 2.52. The van der Waals surface area contributed by atoms with Crippen molar-refractivity contribution in [2.75, 3.05) is 10.5 Å². The van der Waals surface area contributed by atoms with E-state index in [1.807, 2.05) is 6.07 Å². The average Bonchev–Trinajstić information content (AvgIpc) is 2.40. The molecule has 2 rings (SSSR count). The predicted octanol–water partition coefficient (Wildman–Crippen LogP) is 2.70. The lowest BCUT2D eigenvalue weighted by Crippen LogP contribution is -2.14. The zero-order valence-corrected chi connectivity index (χ0v) is 12.6. The quantitative estimate of drug-likeness (QED) is 0.830. The number of hydrogen-bond donors (Lipinski definition) is 2. The molecule has 0 spiro atoms. The van der Waals surface area contributed by atoms with Crippen molar-refractivity contribution in [2.24, 2.45) is 0 Å². The molecule has 0 aliphatic heterocycles. The highest BCUT2D eigenvalue weighted by Crippen LogP contribution is 2.23. The predicted molar refractivity (Wildman–Crippen MR) is 80.5 cm³/mol. The molecule has 0 amide bonds. The standard InChI is InChI=1S/C13H10BrN3O2S/c14-10-2-4-11(5-3-10)17-20(18,19)13-6-1-9(8-15)7-12(13)16/h1-7,17H,16H2. The largest absolute Gasteiger partial charge is 0.398 e. The Bertz CT molecular complexity index is 780. The van der Waals surface area contributed by atoms with Gasteiger partial charge in [-0.2, -0.15) is 5.26 Å². The van der Waals surface area contributed by atoms with Gasteiger partial charge in [-0.1, -0.05) is 15.9 Å². The van der Waals surface area contributed by atoms with Crippen molar-refractivity contribution in [1.82, 2.24) is 0 Å². The molecule has 0 unspecified atom stereocenters. The van der Waals surface area contributed by atoms with E-state index in [0.717, 1.165) is 4.47 Å². The second-order valence-electron chi connectivity index (χ2n) is 3.98. The molecule has 5 nitrogen and oxygen atoms in total. The molecule has 20 heavy (non-hydrogen) atoms. The van der Waals surface area contributed by atoms with Crippen LogP contribution in [-0.2, 0) is 10.0 Å². The Morgan fingerprint density at radius 3 is 2.35 bits per heavy atom. The van der Waals surface area contributed by atoms with Crippen LogP contribution in [0.25, 0.3) is 0 Å². The number of halogens is 1. The fourth-order valence-corrected chi connectivity index (χ4v) is 3.03. The molecule has 0 aliphatic carbocycles. The molecule has 102 valence electrons. The molecule has 0 fully saturated rings. The maximum Gasteiger partial charge on any atom is 0.263 e. The first kappa shape index (κ1) is 14.4. The molecule has 0 radical (unpaired) electrons. The minimum atomic E-state index is -3.78. The SMILES string of the molecule is N#Cc1ccc(S(=O)(=O)Nc2ccc(Br)cc2)c(N)c1. The maximum absolute atomic E-state index is 12.2. The number of nitrogens with zero attached hydrogens (tertiary/aromatic N) is 1. The van der Waals surface area contributed by atoms with Crippen molar-refractivity contribution in [3.63, 3.8) is 0 Å². The molecule has 2 aromatic rings. The average molecular weight is 352 g/mol. The molecule has 0 saturated carbocycles. The van der Waals surface area contributed by atoms with Crippen LogP contribution >= 0.6 is 15.9 Å². The number of rotatable bonds is 3. The fourth-order valence-electron chi connectivity index (χ4n) is 1.59. The van der Waals surface area contributed by atoms with Gasteiger partial charge in [0.25, 0.3) is 10.0 Å². The van der Waals surface area contributed by atoms with Crippen LogP contribution in [0.15, 0.2) is 51.8 Å². The van der Waals surface area contributed by atoms with Crippen molar-refractivity contribution in [3.05, 3.63) is 52.5 Å². The first-order valence-electron chi connectivity index (χ1n) is 5.50. The number of nitrogens with one attached hydrogen (secondary N) is 1. The molecule has 3 N–H and O–H groups in total. The summed E-state index contributed by atoms with van der Waals surface area (Å²) in [4.78, 5) is -0.0561. The highest BCUT2D eigenvalue weighted by molar-refractivity contribution is 9.10. The molecule has 0 bridgehead atoms. The van der Waals surface area contributed by atoms with Gasteiger partial charge in [-0.3, -0.25) is 4.72 Å². The van der Waals surface area contributed by atoms with Crippen molar-refractivity contribution >= 4 is 37.3 Å². The number of anilines is 2. The van der Waals surface area contributed by atoms with Gasteiger partial charge in [0.15, 0.2) is 0 Å². The van der Waals surface area contributed by atoms with Crippen LogP contribution in [0.1, 0.15) is 5.56 Å². The summed E-state index contributed by atoms with van der Waals surface area (Å²) >= 11 is 3.27. The Morgan fingerprint density at radius 2 is 1.80 bits per heavy atom. The summed E-state index contributed by atoms with van der Waals surface area (Å²) in [6, 6.07) is 12.7. The molecule has 0 aromatic heterocycles. The zero-order valence-electron chi connectivity index (χ0n) is 10.2. The number of nitrogens with two attached hydrogens (primary N) is 1. The van der Waals surface area contributed by atoms with E-state index in [1.54, 1.807) is 24.3 Å². The zero-order chi connectivity index (χ0) is 14.8. The summed E-state index contributed by atoms with van der Waals surface area (Å²) in [7, 11) is -3.78. The third kappa shape index (κ3) is 3.10. The van der Waals surface area contributed by atoms with Gasteiger partial charge in [0.2, 0.25) is 0 Å². The van der Waals surface area contributed by atoms with Crippen molar-refractivity contribution in [1.29, 1.82) is 5.26 Å². The first-order valence-corrected chi connectivity index (χ1v) is 7.78. The van der Waals surface area contributed by atoms with E-state index in [1.165, 1.54) is 18.2 Å². The summed E-state index contributed by atoms with van der Waals surface area (Å²) in [5.74, 6) is 0. The van der Waals surface area contributed by atoms with Crippen LogP contribution < -0.4 is 10.5 Å². The third-order valence-corrected chi connectivity index (χ3v) is 4.51. The summed E-state index contributed by atoms with van der Waals surface area (Å²) in [6.45, 7) is 0. The van der Waals surface area contributed by atoms with Gasteiger partial charge in [-0.15, -0.1) is 0 Å². The minimum Gasteiger partial charge on any atom is -0.398 e. The Labute approximate surface area is 125 Å². The molecule has 0 atom stereocenters. The normalized spacial score (nSPS) is 10.8. The fraction of sp³-hybridized carbons (Fsp3) is 0.